The molecule has 1 N–H and O–H groups in total. The molecule has 2 aromatic rings. The zero-order chi connectivity index (χ0) is 13.0. The summed E-state index contributed by atoms with van der Waals surface area (Å²) < 4.78 is 31.3. The second kappa shape index (κ2) is 5.07. The molecule has 2 aromatic carbocycles. The lowest BCUT2D eigenvalue weighted by Gasteiger charge is -2.00. The van der Waals surface area contributed by atoms with Crippen LogP contribution in [0, 0.1) is 6.07 Å². The minimum Gasteiger partial charge on any atom is -0.282 e. The SMILES string of the molecule is O=S(=O)(O)c1ccccc1/N=N/c1[c]cccc1. The van der Waals surface area contributed by atoms with Crippen LogP contribution in [0.5, 0.6) is 0 Å². The van der Waals surface area contributed by atoms with Crippen molar-refractivity contribution in [2.45, 2.75) is 4.90 Å². The van der Waals surface area contributed by atoms with E-state index in [0.717, 1.165) is 0 Å². The first-order valence-electron chi connectivity index (χ1n) is 5.02. The summed E-state index contributed by atoms with van der Waals surface area (Å²) in [6.45, 7) is 0. The van der Waals surface area contributed by atoms with Crippen LogP contribution >= 0.6 is 0 Å². The summed E-state index contributed by atoms with van der Waals surface area (Å²) in [6.07, 6.45) is 0. The van der Waals surface area contributed by atoms with Crippen LogP contribution in [0.2, 0.25) is 0 Å². The molecule has 6 heteroatoms. The summed E-state index contributed by atoms with van der Waals surface area (Å²) in [5.74, 6) is 0. The molecular weight excluding hydrogens is 252 g/mol. The van der Waals surface area contributed by atoms with Gasteiger partial charge in [-0.1, -0.05) is 30.3 Å². The molecular formula is C12H9N2O3S. The van der Waals surface area contributed by atoms with Gasteiger partial charge in [-0.15, -0.1) is 10.2 Å². The van der Waals surface area contributed by atoms with Crippen LogP contribution in [-0.4, -0.2) is 13.0 Å². The molecule has 0 unspecified atom stereocenters. The van der Waals surface area contributed by atoms with Gasteiger partial charge < -0.3 is 0 Å². The highest BCUT2D eigenvalue weighted by Crippen LogP contribution is 2.25. The van der Waals surface area contributed by atoms with Crippen molar-refractivity contribution in [3.63, 3.8) is 0 Å². The Labute approximate surface area is 105 Å². The van der Waals surface area contributed by atoms with E-state index in [1.54, 1.807) is 30.3 Å². The molecule has 0 amide bonds. The molecule has 0 spiro atoms. The highest BCUT2D eigenvalue weighted by atomic mass is 32.2. The Kier molecular flexibility index (Phi) is 3.50. The van der Waals surface area contributed by atoms with E-state index >= 15 is 0 Å². The molecule has 0 heterocycles. The third-order valence-electron chi connectivity index (χ3n) is 2.10. The number of nitrogens with zero attached hydrogens (tertiary/aromatic N) is 2. The maximum absolute atomic E-state index is 11.1. The second-order valence-corrected chi connectivity index (χ2v) is 4.78. The van der Waals surface area contributed by atoms with Crippen LogP contribution in [0.3, 0.4) is 0 Å². The zero-order valence-electron chi connectivity index (χ0n) is 9.19. The van der Waals surface area contributed by atoms with E-state index < -0.39 is 10.1 Å². The predicted octanol–water partition coefficient (Wildman–Crippen LogP) is 3.15. The molecule has 0 fully saturated rings. The van der Waals surface area contributed by atoms with Gasteiger partial charge in [0, 0.05) is 6.07 Å². The van der Waals surface area contributed by atoms with Crippen LogP contribution in [0.4, 0.5) is 11.4 Å². The van der Waals surface area contributed by atoms with E-state index in [-0.39, 0.29) is 10.6 Å². The van der Waals surface area contributed by atoms with Gasteiger partial charge in [-0.2, -0.15) is 8.42 Å². The summed E-state index contributed by atoms with van der Waals surface area (Å²) in [4.78, 5) is -0.273. The van der Waals surface area contributed by atoms with Crippen LogP contribution in [0.25, 0.3) is 0 Å². The minimum absolute atomic E-state index is 0.0808. The van der Waals surface area contributed by atoms with E-state index in [4.69, 9.17) is 4.55 Å². The summed E-state index contributed by atoms with van der Waals surface area (Å²) >= 11 is 0. The van der Waals surface area contributed by atoms with Gasteiger partial charge in [0.1, 0.15) is 10.6 Å². The van der Waals surface area contributed by atoms with Crippen LogP contribution in [-0.2, 0) is 10.1 Å². The Bertz CT molecular complexity index is 667. The summed E-state index contributed by atoms with van der Waals surface area (Å²) in [5.41, 5.74) is 0.555. The first kappa shape index (κ1) is 12.4. The fourth-order valence-electron chi connectivity index (χ4n) is 1.31. The number of rotatable bonds is 3. The average molecular weight is 261 g/mol. The van der Waals surface area contributed by atoms with Crippen LogP contribution in [0.15, 0.2) is 63.7 Å². The first-order chi connectivity index (χ1) is 8.57. The maximum Gasteiger partial charge on any atom is 0.296 e. The third-order valence-corrected chi connectivity index (χ3v) is 3.00. The lowest BCUT2D eigenvalue weighted by molar-refractivity contribution is 0.483. The van der Waals surface area contributed by atoms with Gasteiger partial charge in [0.2, 0.25) is 0 Å². The topological polar surface area (TPSA) is 79.1 Å². The molecule has 91 valence electrons. The van der Waals surface area contributed by atoms with Gasteiger partial charge in [0.15, 0.2) is 0 Å². The van der Waals surface area contributed by atoms with Gasteiger partial charge in [-0.3, -0.25) is 4.55 Å². The molecule has 0 aliphatic rings. The van der Waals surface area contributed by atoms with Gasteiger partial charge in [-0.05, 0) is 18.2 Å². The quantitative estimate of drug-likeness (QED) is 0.680. The fraction of sp³-hybridized carbons (Fsp3) is 0. The van der Waals surface area contributed by atoms with Gasteiger partial charge in [-0.25, -0.2) is 0 Å². The second-order valence-electron chi connectivity index (χ2n) is 3.39. The fourth-order valence-corrected chi connectivity index (χ4v) is 1.94. The normalized spacial score (nSPS) is 11.8. The minimum atomic E-state index is -4.30. The summed E-state index contributed by atoms with van der Waals surface area (Å²) in [6, 6.07) is 15.5. The Balaban J connectivity index is 2.39. The molecule has 0 atom stereocenters. The molecule has 2 rings (SSSR count). The molecule has 0 saturated heterocycles. The average Bonchev–Trinajstić information content (AvgIpc) is 2.37. The Morgan fingerprint density at radius 3 is 2.39 bits per heavy atom. The largest absolute Gasteiger partial charge is 0.296 e. The monoisotopic (exact) mass is 261 g/mol. The molecule has 0 aliphatic carbocycles. The van der Waals surface area contributed by atoms with Crippen molar-refractivity contribution in [1.29, 1.82) is 0 Å². The van der Waals surface area contributed by atoms with Crippen molar-refractivity contribution >= 4 is 21.5 Å². The van der Waals surface area contributed by atoms with Gasteiger partial charge in [0.25, 0.3) is 10.1 Å². The Morgan fingerprint density at radius 2 is 1.72 bits per heavy atom. The first-order valence-corrected chi connectivity index (χ1v) is 6.46. The van der Waals surface area contributed by atoms with Crippen LogP contribution in [0.1, 0.15) is 0 Å². The van der Waals surface area contributed by atoms with Crippen molar-refractivity contribution < 1.29 is 13.0 Å². The van der Waals surface area contributed by atoms with E-state index in [2.05, 4.69) is 16.3 Å². The highest BCUT2D eigenvalue weighted by Gasteiger charge is 2.14. The smallest absolute Gasteiger partial charge is 0.282 e. The Hall–Kier alpha value is -2.05. The maximum atomic E-state index is 11.1. The molecule has 0 saturated carbocycles. The number of hydrogen-bond donors (Lipinski definition) is 1. The lowest BCUT2D eigenvalue weighted by Crippen LogP contribution is -1.97. The number of hydrogen-bond acceptors (Lipinski definition) is 4. The molecule has 0 bridgehead atoms. The van der Waals surface area contributed by atoms with Gasteiger partial charge in [0.05, 0.1) is 5.69 Å². The third kappa shape index (κ3) is 2.99. The van der Waals surface area contributed by atoms with Crippen molar-refractivity contribution in [1.82, 2.24) is 0 Å². The Morgan fingerprint density at radius 1 is 1.00 bits per heavy atom. The zero-order valence-corrected chi connectivity index (χ0v) is 10.0. The van der Waals surface area contributed by atoms with Crippen molar-refractivity contribution in [3.8, 4) is 0 Å². The van der Waals surface area contributed by atoms with E-state index in [9.17, 15) is 8.42 Å². The van der Waals surface area contributed by atoms with E-state index in [0.29, 0.717) is 5.69 Å². The molecule has 5 nitrogen and oxygen atoms in total. The van der Waals surface area contributed by atoms with E-state index in [1.165, 1.54) is 18.2 Å². The molecule has 0 aromatic heterocycles. The van der Waals surface area contributed by atoms with Crippen molar-refractivity contribution in [3.05, 3.63) is 54.6 Å². The standard InChI is InChI=1S/C12H9N2O3S/c15-18(16,17)12-9-5-4-8-11(12)14-13-10-6-2-1-3-7-10/h1-6,8-9H,(H,15,16,17)/b14-13+. The number of benzene rings is 2. The lowest BCUT2D eigenvalue weighted by atomic mass is 10.3. The highest BCUT2D eigenvalue weighted by molar-refractivity contribution is 7.86. The van der Waals surface area contributed by atoms with E-state index in [1.807, 2.05) is 0 Å². The van der Waals surface area contributed by atoms with Gasteiger partial charge >= 0.3 is 0 Å². The number of azo groups is 1. The van der Waals surface area contributed by atoms with Crippen molar-refractivity contribution in [2.75, 3.05) is 0 Å². The van der Waals surface area contributed by atoms with Crippen LogP contribution < -0.4 is 0 Å². The molecule has 18 heavy (non-hydrogen) atoms. The molecule has 1 radical (unpaired) electrons. The van der Waals surface area contributed by atoms with Crippen molar-refractivity contribution in [2.24, 2.45) is 10.2 Å². The summed E-state index contributed by atoms with van der Waals surface area (Å²) in [7, 11) is -4.30. The predicted molar refractivity (Wildman–Crippen MR) is 65.7 cm³/mol. The molecule has 0 aliphatic heterocycles. The summed E-state index contributed by atoms with van der Waals surface area (Å²) in [5, 5.41) is 7.64.